The summed E-state index contributed by atoms with van der Waals surface area (Å²) in [5.41, 5.74) is 6.36. The van der Waals surface area contributed by atoms with Crippen LogP contribution in [0.25, 0.3) is 16.9 Å². The molecule has 3 N–H and O–H groups in total. The van der Waals surface area contributed by atoms with Crippen molar-refractivity contribution in [1.82, 2.24) is 14.8 Å². The Hall–Kier alpha value is -2.63. The van der Waals surface area contributed by atoms with Gasteiger partial charge in [0.1, 0.15) is 5.82 Å². The summed E-state index contributed by atoms with van der Waals surface area (Å²) in [5, 5.41) is 22.4. The van der Waals surface area contributed by atoms with Gasteiger partial charge in [-0.05, 0) is 26.8 Å². The molecule has 27 heavy (non-hydrogen) atoms. The van der Waals surface area contributed by atoms with Gasteiger partial charge in [-0.3, -0.25) is 0 Å². The average Bonchev–Trinajstić information content (AvgIpc) is 3.05. The zero-order valence-corrected chi connectivity index (χ0v) is 16.3. The Morgan fingerprint density at radius 2 is 2.30 bits per heavy atom. The van der Waals surface area contributed by atoms with E-state index < -0.39 is 5.41 Å². The van der Waals surface area contributed by atoms with Gasteiger partial charge in [0.05, 0.1) is 42.0 Å². The second-order valence-corrected chi connectivity index (χ2v) is 7.41. The molecule has 0 spiro atoms. The van der Waals surface area contributed by atoms with Crippen molar-refractivity contribution in [3.8, 4) is 6.07 Å². The van der Waals surface area contributed by atoms with Crippen LogP contribution in [0, 0.1) is 16.7 Å². The van der Waals surface area contributed by atoms with E-state index in [0.29, 0.717) is 47.2 Å². The standard InChI is InChI=1S/C18H22ClN7O/c1-11-9-27-7-6-25(11)17-15(19)14(18(2,3)10-21)12-8-23-26(16(12)24-17)13(22)4-5-20/h4-5,8,11,20H,6-7,9,22H2,1-3H3/t11-/m1/s1. The predicted molar refractivity (Wildman–Crippen MR) is 106 cm³/mol. The van der Waals surface area contributed by atoms with E-state index in [1.54, 1.807) is 6.20 Å². The topological polar surface area (TPSA) is 117 Å². The number of halogens is 1. The van der Waals surface area contributed by atoms with Crippen LogP contribution < -0.4 is 10.6 Å². The average molecular weight is 388 g/mol. The first-order valence-electron chi connectivity index (χ1n) is 8.61. The number of hydrogen-bond acceptors (Lipinski definition) is 7. The Labute approximate surface area is 162 Å². The highest BCUT2D eigenvalue weighted by molar-refractivity contribution is 6.35. The number of fused-ring (bicyclic) bond motifs is 1. The molecule has 2 aromatic heterocycles. The fourth-order valence-electron chi connectivity index (χ4n) is 3.25. The smallest absolute Gasteiger partial charge is 0.167 e. The Bertz CT molecular complexity index is 957. The highest BCUT2D eigenvalue weighted by Crippen LogP contribution is 2.41. The molecule has 0 unspecified atom stereocenters. The number of ether oxygens (including phenoxy) is 1. The first-order valence-corrected chi connectivity index (χ1v) is 8.99. The molecule has 142 valence electrons. The van der Waals surface area contributed by atoms with Gasteiger partial charge in [-0.25, -0.2) is 4.98 Å². The maximum atomic E-state index is 9.73. The number of nitriles is 1. The summed E-state index contributed by atoms with van der Waals surface area (Å²) in [6, 6.07) is 2.41. The van der Waals surface area contributed by atoms with E-state index in [1.807, 2.05) is 20.8 Å². The van der Waals surface area contributed by atoms with E-state index in [9.17, 15) is 5.26 Å². The first-order chi connectivity index (χ1) is 12.8. The molecule has 0 bridgehead atoms. The molecular weight excluding hydrogens is 366 g/mol. The number of nitrogens with zero attached hydrogens (tertiary/aromatic N) is 5. The summed E-state index contributed by atoms with van der Waals surface area (Å²) in [4.78, 5) is 6.83. The fourth-order valence-corrected chi connectivity index (χ4v) is 3.74. The fraction of sp³-hybridized carbons (Fsp3) is 0.444. The number of nitrogens with one attached hydrogen (secondary N) is 1. The lowest BCUT2D eigenvalue weighted by Crippen LogP contribution is -2.44. The Morgan fingerprint density at radius 3 is 2.93 bits per heavy atom. The largest absolute Gasteiger partial charge is 0.384 e. The molecule has 3 rings (SSSR count). The van der Waals surface area contributed by atoms with E-state index >= 15 is 0 Å². The molecule has 1 saturated heterocycles. The van der Waals surface area contributed by atoms with Crippen LogP contribution in [0.15, 0.2) is 12.3 Å². The summed E-state index contributed by atoms with van der Waals surface area (Å²) in [6.45, 7) is 7.46. The third-order valence-electron chi connectivity index (χ3n) is 4.68. The molecular formula is C18H22ClN7O. The number of morpholine rings is 1. The van der Waals surface area contributed by atoms with Crippen LogP contribution >= 0.6 is 11.6 Å². The van der Waals surface area contributed by atoms with E-state index in [2.05, 4.69) is 16.1 Å². The van der Waals surface area contributed by atoms with Gasteiger partial charge in [0.25, 0.3) is 0 Å². The maximum Gasteiger partial charge on any atom is 0.167 e. The first kappa shape index (κ1) is 19.1. The van der Waals surface area contributed by atoms with Crippen molar-refractivity contribution >= 4 is 40.5 Å². The summed E-state index contributed by atoms with van der Waals surface area (Å²) in [7, 11) is 0. The number of hydrogen-bond donors (Lipinski definition) is 2. The van der Waals surface area contributed by atoms with Crippen LogP contribution in [-0.2, 0) is 10.2 Å². The van der Waals surface area contributed by atoms with E-state index in [-0.39, 0.29) is 11.9 Å². The van der Waals surface area contributed by atoms with E-state index in [4.69, 9.17) is 32.5 Å². The normalized spacial score (nSPS) is 18.6. The summed E-state index contributed by atoms with van der Waals surface area (Å²) in [5.74, 6) is 0.846. The number of aromatic nitrogens is 3. The van der Waals surface area contributed by atoms with Gasteiger partial charge in [0, 0.05) is 23.7 Å². The van der Waals surface area contributed by atoms with Crippen LogP contribution in [0.3, 0.4) is 0 Å². The lowest BCUT2D eigenvalue weighted by Gasteiger charge is -2.35. The zero-order chi connectivity index (χ0) is 19.8. The molecule has 1 aliphatic heterocycles. The van der Waals surface area contributed by atoms with E-state index in [0.717, 1.165) is 6.21 Å². The van der Waals surface area contributed by atoms with Gasteiger partial charge in [0.2, 0.25) is 0 Å². The monoisotopic (exact) mass is 387 g/mol. The second kappa shape index (κ2) is 7.18. The van der Waals surface area contributed by atoms with Crippen LogP contribution in [0.1, 0.15) is 26.3 Å². The predicted octanol–water partition coefficient (Wildman–Crippen LogP) is 2.52. The highest BCUT2D eigenvalue weighted by Gasteiger charge is 2.33. The van der Waals surface area contributed by atoms with Gasteiger partial charge in [-0.1, -0.05) is 11.6 Å². The molecule has 2 aromatic rings. The van der Waals surface area contributed by atoms with Crippen LogP contribution in [-0.4, -0.2) is 46.8 Å². The number of anilines is 1. The van der Waals surface area contributed by atoms with Crippen molar-refractivity contribution in [3.05, 3.63) is 22.9 Å². The molecule has 0 aliphatic carbocycles. The van der Waals surface area contributed by atoms with Gasteiger partial charge in [0.15, 0.2) is 11.5 Å². The quantitative estimate of drug-likeness (QED) is 0.778. The van der Waals surface area contributed by atoms with Crippen molar-refractivity contribution in [2.24, 2.45) is 5.73 Å². The van der Waals surface area contributed by atoms with Crippen molar-refractivity contribution in [1.29, 1.82) is 10.7 Å². The van der Waals surface area contributed by atoms with Crippen LogP contribution in [0.4, 0.5) is 5.82 Å². The second-order valence-electron chi connectivity index (χ2n) is 7.03. The molecule has 1 aliphatic rings. The summed E-state index contributed by atoms with van der Waals surface area (Å²) >= 11 is 6.78. The number of pyridine rings is 1. The van der Waals surface area contributed by atoms with Gasteiger partial charge >= 0.3 is 0 Å². The maximum absolute atomic E-state index is 9.73. The third-order valence-corrected chi connectivity index (χ3v) is 5.04. The zero-order valence-electron chi connectivity index (χ0n) is 15.5. The Balaban J connectivity index is 2.35. The van der Waals surface area contributed by atoms with E-state index in [1.165, 1.54) is 10.8 Å². The van der Waals surface area contributed by atoms with Gasteiger partial charge in [-0.2, -0.15) is 15.0 Å². The molecule has 3 heterocycles. The van der Waals surface area contributed by atoms with Crippen molar-refractivity contribution in [2.75, 3.05) is 24.7 Å². The molecule has 8 nitrogen and oxygen atoms in total. The van der Waals surface area contributed by atoms with Crippen molar-refractivity contribution in [3.63, 3.8) is 0 Å². The number of nitrogens with two attached hydrogens (primary N) is 1. The molecule has 0 radical (unpaired) electrons. The van der Waals surface area contributed by atoms with Crippen LogP contribution in [0.5, 0.6) is 0 Å². The Kier molecular flexibility index (Phi) is 5.09. The summed E-state index contributed by atoms with van der Waals surface area (Å²) in [6.07, 6.45) is 4.12. The van der Waals surface area contributed by atoms with Gasteiger partial charge in [-0.15, -0.1) is 0 Å². The molecule has 0 saturated carbocycles. The molecule has 1 atom stereocenters. The van der Waals surface area contributed by atoms with Crippen molar-refractivity contribution < 1.29 is 4.74 Å². The number of rotatable bonds is 4. The molecule has 0 amide bonds. The number of allylic oxidation sites excluding steroid dienone is 1. The van der Waals surface area contributed by atoms with Crippen LogP contribution in [0.2, 0.25) is 5.02 Å². The third kappa shape index (κ3) is 3.24. The molecule has 9 heteroatoms. The van der Waals surface area contributed by atoms with Gasteiger partial charge < -0.3 is 20.8 Å². The molecule has 1 fully saturated rings. The minimum atomic E-state index is -0.851. The molecule has 0 aromatic carbocycles. The highest BCUT2D eigenvalue weighted by atomic mass is 35.5. The lowest BCUT2D eigenvalue weighted by molar-refractivity contribution is 0.0985. The lowest BCUT2D eigenvalue weighted by atomic mass is 9.85. The summed E-state index contributed by atoms with van der Waals surface area (Å²) < 4.78 is 6.98. The Morgan fingerprint density at radius 1 is 1.56 bits per heavy atom. The van der Waals surface area contributed by atoms with Crippen molar-refractivity contribution in [2.45, 2.75) is 32.2 Å². The SMILES string of the molecule is C[C@@H]1COCCN1c1nc2c(cnn2C(N)=CC=N)c(C(C)(C)C#N)c1Cl. The minimum Gasteiger partial charge on any atom is -0.384 e. The minimum absolute atomic E-state index is 0.0880.